The number of nitrogens with zero attached hydrogens (tertiary/aromatic N) is 5. The van der Waals surface area contributed by atoms with E-state index in [2.05, 4.69) is 15.0 Å². The lowest BCUT2D eigenvalue weighted by Crippen LogP contribution is -2.51. The maximum Gasteiger partial charge on any atom is 0.257 e. The quantitative estimate of drug-likeness (QED) is 0.861. The van der Waals surface area contributed by atoms with E-state index >= 15 is 0 Å². The van der Waals surface area contributed by atoms with Gasteiger partial charge in [-0.25, -0.2) is 9.67 Å². The van der Waals surface area contributed by atoms with Gasteiger partial charge < -0.3 is 4.90 Å². The number of aromatic nitrogens is 3. The summed E-state index contributed by atoms with van der Waals surface area (Å²) in [5.74, 6) is 0.679. The summed E-state index contributed by atoms with van der Waals surface area (Å²) in [5, 5.41) is 4.24. The number of carbonyl (C=O) groups is 1. The molecule has 2 saturated heterocycles. The number of pyridine rings is 1. The molecule has 2 fully saturated rings. The van der Waals surface area contributed by atoms with E-state index in [4.69, 9.17) is 0 Å². The van der Waals surface area contributed by atoms with Gasteiger partial charge in [-0.1, -0.05) is 6.42 Å². The molecular weight excluding hydrogens is 314 g/mol. The zero-order chi connectivity index (χ0) is 17.1. The van der Waals surface area contributed by atoms with E-state index in [0.717, 1.165) is 19.5 Å². The lowest BCUT2D eigenvalue weighted by atomic mass is 10.00. The van der Waals surface area contributed by atoms with Crippen LogP contribution in [0.1, 0.15) is 42.5 Å². The van der Waals surface area contributed by atoms with Gasteiger partial charge >= 0.3 is 0 Å². The summed E-state index contributed by atoms with van der Waals surface area (Å²) in [6.07, 6.45) is 11.4. The van der Waals surface area contributed by atoms with Crippen molar-refractivity contribution in [2.24, 2.45) is 0 Å². The Morgan fingerprint density at radius 1 is 1.04 bits per heavy atom. The second-order valence-electron chi connectivity index (χ2n) is 6.97. The van der Waals surface area contributed by atoms with Crippen molar-refractivity contribution < 1.29 is 4.79 Å². The van der Waals surface area contributed by atoms with Gasteiger partial charge in [0.2, 0.25) is 0 Å². The first-order valence-corrected chi connectivity index (χ1v) is 9.31. The Morgan fingerprint density at radius 2 is 1.92 bits per heavy atom. The van der Waals surface area contributed by atoms with Gasteiger partial charge in [-0.15, -0.1) is 0 Å². The topological polar surface area (TPSA) is 54.3 Å². The molecule has 0 radical (unpaired) electrons. The van der Waals surface area contributed by atoms with Gasteiger partial charge in [-0.2, -0.15) is 5.10 Å². The molecule has 2 aromatic heterocycles. The zero-order valence-corrected chi connectivity index (χ0v) is 14.5. The van der Waals surface area contributed by atoms with E-state index in [0.29, 0.717) is 17.4 Å². The Balaban J connectivity index is 1.53. The predicted molar refractivity (Wildman–Crippen MR) is 95.7 cm³/mol. The number of amides is 1. The fourth-order valence-electron chi connectivity index (χ4n) is 4.03. The van der Waals surface area contributed by atoms with Crippen molar-refractivity contribution in [1.82, 2.24) is 24.6 Å². The van der Waals surface area contributed by atoms with Crippen LogP contribution in [-0.2, 0) is 0 Å². The number of hydrogen-bond donors (Lipinski definition) is 0. The van der Waals surface area contributed by atoms with Crippen molar-refractivity contribution in [3.05, 3.63) is 42.4 Å². The van der Waals surface area contributed by atoms with Gasteiger partial charge in [0.25, 0.3) is 5.91 Å². The third kappa shape index (κ3) is 3.44. The molecule has 6 nitrogen and oxygen atoms in total. The van der Waals surface area contributed by atoms with Crippen molar-refractivity contribution in [3.63, 3.8) is 0 Å². The molecule has 1 amide bonds. The highest BCUT2D eigenvalue weighted by Crippen LogP contribution is 2.22. The Hall–Kier alpha value is -2.21. The van der Waals surface area contributed by atoms with E-state index in [-0.39, 0.29) is 5.91 Å². The zero-order valence-electron chi connectivity index (χ0n) is 14.5. The highest BCUT2D eigenvalue weighted by Gasteiger charge is 2.30. The number of hydrogen-bond acceptors (Lipinski definition) is 4. The highest BCUT2D eigenvalue weighted by atomic mass is 16.2. The Bertz CT molecular complexity index is 708. The molecule has 0 bridgehead atoms. The molecular formula is C19H25N5O. The first kappa shape index (κ1) is 16.3. The van der Waals surface area contributed by atoms with Crippen molar-refractivity contribution in [3.8, 4) is 5.82 Å². The Morgan fingerprint density at radius 3 is 2.72 bits per heavy atom. The third-order valence-electron chi connectivity index (χ3n) is 5.33. The molecule has 0 aromatic carbocycles. The summed E-state index contributed by atoms with van der Waals surface area (Å²) in [6, 6.07) is 6.03. The maximum absolute atomic E-state index is 13.2. The molecule has 2 aliphatic rings. The van der Waals surface area contributed by atoms with Crippen LogP contribution in [0.5, 0.6) is 0 Å². The summed E-state index contributed by atoms with van der Waals surface area (Å²) in [5.41, 5.74) is 0.630. The molecule has 2 aliphatic heterocycles. The SMILES string of the molecule is O=C(c1cccnc1-n1cccn1)N1CCC[C@H](N2CCCCC2)C1. The van der Waals surface area contributed by atoms with E-state index in [1.807, 2.05) is 29.3 Å². The average molecular weight is 339 g/mol. The molecule has 2 aromatic rings. The number of carbonyl (C=O) groups excluding carboxylic acids is 1. The summed E-state index contributed by atoms with van der Waals surface area (Å²) in [6.45, 7) is 4.01. The molecule has 0 spiro atoms. The monoisotopic (exact) mass is 339 g/mol. The van der Waals surface area contributed by atoms with Crippen LogP contribution >= 0.6 is 0 Å². The van der Waals surface area contributed by atoms with Crippen molar-refractivity contribution in [2.45, 2.75) is 38.1 Å². The molecule has 25 heavy (non-hydrogen) atoms. The minimum absolute atomic E-state index is 0.0697. The normalized spacial score (nSPS) is 22.1. The van der Waals surface area contributed by atoms with Crippen molar-refractivity contribution in [2.75, 3.05) is 26.2 Å². The number of rotatable bonds is 3. The van der Waals surface area contributed by atoms with Crippen LogP contribution in [0.2, 0.25) is 0 Å². The molecule has 0 saturated carbocycles. The molecule has 0 unspecified atom stereocenters. The van der Waals surface area contributed by atoms with E-state index in [9.17, 15) is 4.79 Å². The van der Waals surface area contributed by atoms with E-state index in [1.54, 1.807) is 17.1 Å². The lowest BCUT2D eigenvalue weighted by Gasteiger charge is -2.41. The van der Waals surface area contributed by atoms with Gasteiger partial charge in [-0.05, 0) is 57.0 Å². The Kier molecular flexibility index (Phi) is 4.78. The van der Waals surface area contributed by atoms with Crippen LogP contribution in [0.3, 0.4) is 0 Å². The van der Waals surface area contributed by atoms with Crippen LogP contribution in [0.15, 0.2) is 36.8 Å². The minimum atomic E-state index is 0.0697. The molecule has 1 atom stereocenters. The Labute approximate surface area is 148 Å². The van der Waals surface area contributed by atoms with Crippen LogP contribution < -0.4 is 0 Å². The van der Waals surface area contributed by atoms with Gasteiger partial charge in [0.15, 0.2) is 5.82 Å². The molecule has 4 rings (SSSR count). The molecule has 132 valence electrons. The highest BCUT2D eigenvalue weighted by molar-refractivity contribution is 5.97. The summed E-state index contributed by atoms with van der Waals surface area (Å²) in [4.78, 5) is 22.1. The summed E-state index contributed by atoms with van der Waals surface area (Å²) in [7, 11) is 0. The van der Waals surface area contributed by atoms with Crippen LogP contribution in [0.25, 0.3) is 5.82 Å². The van der Waals surface area contributed by atoms with Gasteiger partial charge in [0.05, 0.1) is 5.56 Å². The summed E-state index contributed by atoms with van der Waals surface area (Å²) < 4.78 is 1.67. The van der Waals surface area contributed by atoms with E-state index in [1.165, 1.54) is 38.8 Å². The second-order valence-corrected chi connectivity index (χ2v) is 6.97. The van der Waals surface area contributed by atoms with Gasteiger partial charge in [0.1, 0.15) is 0 Å². The third-order valence-corrected chi connectivity index (χ3v) is 5.33. The molecule has 6 heteroatoms. The van der Waals surface area contributed by atoms with Gasteiger partial charge in [0, 0.05) is 37.7 Å². The second kappa shape index (κ2) is 7.35. The van der Waals surface area contributed by atoms with Crippen LogP contribution in [0.4, 0.5) is 0 Å². The molecule has 4 heterocycles. The molecule has 0 aliphatic carbocycles. The minimum Gasteiger partial charge on any atom is -0.337 e. The molecule has 0 N–H and O–H groups in total. The van der Waals surface area contributed by atoms with Crippen molar-refractivity contribution in [1.29, 1.82) is 0 Å². The van der Waals surface area contributed by atoms with Crippen LogP contribution in [0, 0.1) is 0 Å². The van der Waals surface area contributed by atoms with Gasteiger partial charge in [-0.3, -0.25) is 9.69 Å². The largest absolute Gasteiger partial charge is 0.337 e. The first-order chi connectivity index (χ1) is 12.3. The lowest BCUT2D eigenvalue weighted by molar-refractivity contribution is 0.0537. The maximum atomic E-state index is 13.2. The number of piperidine rings is 2. The standard InChI is InChI=1S/C19H25N5O/c25-19(17-8-4-9-20-18(17)24-14-6-10-21-24)23-13-5-7-16(15-23)22-11-2-1-3-12-22/h4,6,8-10,14,16H,1-3,5,7,11-13,15H2/t16-/m0/s1. The summed E-state index contributed by atoms with van der Waals surface area (Å²) >= 11 is 0. The fraction of sp³-hybridized carbons (Fsp3) is 0.526. The number of likely N-dealkylation sites (tertiary alicyclic amines) is 2. The van der Waals surface area contributed by atoms with Crippen LogP contribution in [-0.4, -0.2) is 62.7 Å². The smallest absolute Gasteiger partial charge is 0.257 e. The average Bonchev–Trinajstić information content (AvgIpc) is 3.23. The van der Waals surface area contributed by atoms with E-state index < -0.39 is 0 Å². The first-order valence-electron chi connectivity index (χ1n) is 9.31. The fourth-order valence-corrected chi connectivity index (χ4v) is 4.03. The van der Waals surface area contributed by atoms with Crippen molar-refractivity contribution >= 4 is 5.91 Å². The predicted octanol–water partition coefficient (Wildman–Crippen LogP) is 2.36.